The molecular weight excluding hydrogens is 254 g/mol. The molecule has 2 N–H and O–H groups in total. The lowest BCUT2D eigenvalue weighted by Gasteiger charge is -2.11. The van der Waals surface area contributed by atoms with Gasteiger partial charge >= 0.3 is 5.97 Å². The molecule has 0 aromatic rings. The van der Waals surface area contributed by atoms with Crippen LogP contribution < -0.4 is 10.6 Å². The van der Waals surface area contributed by atoms with Crippen LogP contribution in [0.25, 0.3) is 0 Å². The van der Waals surface area contributed by atoms with Crippen LogP contribution in [0.2, 0.25) is 0 Å². The van der Waals surface area contributed by atoms with Gasteiger partial charge in [-0.15, -0.1) is 0 Å². The molecule has 0 spiro atoms. The first kappa shape index (κ1) is 16.8. The molecule has 5 nitrogen and oxygen atoms in total. The van der Waals surface area contributed by atoms with Crippen LogP contribution in [0.5, 0.6) is 0 Å². The summed E-state index contributed by atoms with van der Waals surface area (Å²) in [5, 5.41) is 6.66. The van der Waals surface area contributed by atoms with Gasteiger partial charge in [-0.3, -0.25) is 9.79 Å². The first-order chi connectivity index (χ1) is 9.76. The summed E-state index contributed by atoms with van der Waals surface area (Å²) < 4.78 is 4.89. The predicted octanol–water partition coefficient (Wildman–Crippen LogP) is 2.08. The number of esters is 1. The standard InChI is InChI=1S/C15H29N3O2/c1-3-20-14(19)8-6-4-5-7-11-17-15(16-2)18-12-13-9-10-13/h13H,3-12H2,1-2H3,(H2,16,17,18). The van der Waals surface area contributed by atoms with Crippen molar-refractivity contribution in [1.82, 2.24) is 10.6 Å². The highest BCUT2D eigenvalue weighted by Crippen LogP contribution is 2.27. The number of unbranched alkanes of at least 4 members (excludes halogenated alkanes) is 3. The fourth-order valence-electron chi connectivity index (χ4n) is 1.97. The molecule has 0 aromatic heterocycles. The summed E-state index contributed by atoms with van der Waals surface area (Å²) in [6.45, 7) is 4.30. The van der Waals surface area contributed by atoms with Crippen LogP contribution in [-0.4, -0.2) is 38.7 Å². The van der Waals surface area contributed by atoms with Crippen LogP contribution in [0.1, 0.15) is 51.9 Å². The molecule has 1 aliphatic carbocycles. The number of nitrogens with zero attached hydrogens (tertiary/aromatic N) is 1. The van der Waals surface area contributed by atoms with Crippen molar-refractivity contribution in [2.24, 2.45) is 10.9 Å². The van der Waals surface area contributed by atoms with Crippen molar-refractivity contribution in [3.8, 4) is 0 Å². The van der Waals surface area contributed by atoms with Crippen molar-refractivity contribution in [2.45, 2.75) is 51.9 Å². The number of rotatable bonds is 10. The van der Waals surface area contributed by atoms with E-state index in [4.69, 9.17) is 4.74 Å². The minimum absolute atomic E-state index is 0.0738. The van der Waals surface area contributed by atoms with Gasteiger partial charge < -0.3 is 15.4 Å². The van der Waals surface area contributed by atoms with E-state index in [0.29, 0.717) is 13.0 Å². The van der Waals surface area contributed by atoms with Crippen molar-refractivity contribution < 1.29 is 9.53 Å². The van der Waals surface area contributed by atoms with Crippen molar-refractivity contribution >= 4 is 11.9 Å². The van der Waals surface area contributed by atoms with Gasteiger partial charge in [0.25, 0.3) is 0 Å². The Balaban J connectivity index is 1.88. The van der Waals surface area contributed by atoms with Crippen LogP contribution in [0.3, 0.4) is 0 Å². The highest BCUT2D eigenvalue weighted by Gasteiger charge is 2.20. The Bertz CT molecular complexity index is 301. The molecule has 0 aliphatic heterocycles. The fraction of sp³-hybridized carbons (Fsp3) is 0.867. The summed E-state index contributed by atoms with van der Waals surface area (Å²) in [7, 11) is 1.81. The molecule has 0 aromatic carbocycles. The lowest BCUT2D eigenvalue weighted by molar-refractivity contribution is -0.143. The Kier molecular flexibility index (Phi) is 8.83. The third-order valence-electron chi connectivity index (χ3n) is 3.38. The Labute approximate surface area is 122 Å². The third kappa shape index (κ3) is 8.77. The summed E-state index contributed by atoms with van der Waals surface area (Å²) in [6, 6.07) is 0. The first-order valence-corrected chi connectivity index (χ1v) is 7.86. The summed E-state index contributed by atoms with van der Waals surface area (Å²) in [6.07, 6.45) is 7.49. The highest BCUT2D eigenvalue weighted by atomic mass is 16.5. The zero-order valence-corrected chi connectivity index (χ0v) is 12.9. The Morgan fingerprint density at radius 2 is 1.95 bits per heavy atom. The number of nitrogens with one attached hydrogen (secondary N) is 2. The molecule has 1 fully saturated rings. The molecule has 20 heavy (non-hydrogen) atoms. The molecule has 1 aliphatic rings. The molecule has 0 bridgehead atoms. The quantitative estimate of drug-likeness (QED) is 0.279. The second kappa shape index (κ2) is 10.5. The van der Waals surface area contributed by atoms with E-state index < -0.39 is 0 Å². The molecule has 116 valence electrons. The van der Waals surface area contributed by atoms with Crippen LogP contribution in [-0.2, 0) is 9.53 Å². The van der Waals surface area contributed by atoms with Gasteiger partial charge in [0.2, 0.25) is 0 Å². The maximum Gasteiger partial charge on any atom is 0.305 e. The molecule has 0 atom stereocenters. The van der Waals surface area contributed by atoms with Gasteiger partial charge in [0.05, 0.1) is 6.61 Å². The highest BCUT2D eigenvalue weighted by molar-refractivity contribution is 5.79. The van der Waals surface area contributed by atoms with Crippen LogP contribution in [0.4, 0.5) is 0 Å². The maximum absolute atomic E-state index is 11.1. The molecule has 0 heterocycles. The summed E-state index contributed by atoms with van der Waals surface area (Å²) in [5.41, 5.74) is 0. The maximum atomic E-state index is 11.1. The monoisotopic (exact) mass is 283 g/mol. The Hall–Kier alpha value is -1.26. The number of ether oxygens (including phenoxy) is 1. The SMILES string of the molecule is CCOC(=O)CCCCCCNC(=NC)NCC1CC1. The van der Waals surface area contributed by atoms with E-state index in [1.165, 1.54) is 12.8 Å². The minimum atomic E-state index is -0.0738. The van der Waals surface area contributed by atoms with Crippen molar-refractivity contribution in [2.75, 3.05) is 26.7 Å². The number of carbonyl (C=O) groups is 1. The van der Waals surface area contributed by atoms with Crippen LogP contribution in [0, 0.1) is 5.92 Å². The lowest BCUT2D eigenvalue weighted by Crippen LogP contribution is -2.38. The van der Waals surface area contributed by atoms with Gasteiger partial charge in [-0.1, -0.05) is 12.8 Å². The van der Waals surface area contributed by atoms with Crippen molar-refractivity contribution in [1.29, 1.82) is 0 Å². The van der Waals surface area contributed by atoms with Crippen LogP contribution in [0.15, 0.2) is 4.99 Å². The third-order valence-corrected chi connectivity index (χ3v) is 3.38. The average molecular weight is 283 g/mol. The van der Waals surface area contributed by atoms with E-state index in [1.54, 1.807) is 0 Å². The topological polar surface area (TPSA) is 62.7 Å². The fourth-order valence-corrected chi connectivity index (χ4v) is 1.97. The zero-order chi connectivity index (χ0) is 14.6. The van der Waals surface area contributed by atoms with E-state index in [9.17, 15) is 4.79 Å². The number of hydrogen-bond acceptors (Lipinski definition) is 3. The van der Waals surface area contributed by atoms with Gasteiger partial charge in [0, 0.05) is 26.6 Å². The van der Waals surface area contributed by atoms with E-state index in [0.717, 1.165) is 50.7 Å². The number of aliphatic imine (C=N–C) groups is 1. The molecule has 0 radical (unpaired) electrons. The van der Waals surface area contributed by atoms with Gasteiger partial charge in [-0.2, -0.15) is 0 Å². The first-order valence-electron chi connectivity index (χ1n) is 7.86. The zero-order valence-electron chi connectivity index (χ0n) is 12.9. The van der Waals surface area contributed by atoms with Gasteiger partial charge in [0.15, 0.2) is 5.96 Å². The normalized spacial score (nSPS) is 15.0. The van der Waals surface area contributed by atoms with Gasteiger partial charge in [-0.05, 0) is 38.5 Å². The molecule has 0 unspecified atom stereocenters. The molecule has 1 rings (SSSR count). The molecular formula is C15H29N3O2. The summed E-state index contributed by atoms with van der Waals surface area (Å²) >= 11 is 0. The molecule has 5 heteroatoms. The van der Waals surface area contributed by atoms with E-state index >= 15 is 0 Å². The predicted molar refractivity (Wildman–Crippen MR) is 81.8 cm³/mol. The second-order valence-corrected chi connectivity index (χ2v) is 5.29. The van der Waals surface area contributed by atoms with Crippen molar-refractivity contribution in [3.63, 3.8) is 0 Å². The smallest absolute Gasteiger partial charge is 0.305 e. The molecule has 1 saturated carbocycles. The number of carbonyl (C=O) groups excluding carboxylic acids is 1. The van der Waals surface area contributed by atoms with Gasteiger partial charge in [-0.25, -0.2) is 0 Å². The number of guanidine groups is 1. The Morgan fingerprint density at radius 3 is 2.60 bits per heavy atom. The van der Waals surface area contributed by atoms with E-state index in [2.05, 4.69) is 15.6 Å². The van der Waals surface area contributed by atoms with E-state index in [-0.39, 0.29) is 5.97 Å². The van der Waals surface area contributed by atoms with E-state index in [1.807, 2.05) is 14.0 Å². The second-order valence-electron chi connectivity index (χ2n) is 5.29. The largest absolute Gasteiger partial charge is 0.466 e. The molecule has 0 saturated heterocycles. The minimum Gasteiger partial charge on any atom is -0.466 e. The average Bonchev–Trinajstić information content (AvgIpc) is 3.25. The lowest BCUT2D eigenvalue weighted by atomic mass is 10.1. The summed E-state index contributed by atoms with van der Waals surface area (Å²) in [5.74, 6) is 1.69. The Morgan fingerprint density at radius 1 is 1.20 bits per heavy atom. The van der Waals surface area contributed by atoms with Gasteiger partial charge in [0.1, 0.15) is 0 Å². The summed E-state index contributed by atoms with van der Waals surface area (Å²) in [4.78, 5) is 15.3. The molecule has 0 amide bonds. The van der Waals surface area contributed by atoms with Crippen molar-refractivity contribution in [3.05, 3.63) is 0 Å². The van der Waals surface area contributed by atoms with Crippen LogP contribution >= 0.6 is 0 Å². The number of hydrogen-bond donors (Lipinski definition) is 2.